The van der Waals surface area contributed by atoms with Gasteiger partial charge >= 0.3 is 0 Å². The van der Waals surface area contributed by atoms with E-state index in [9.17, 15) is 0 Å². The summed E-state index contributed by atoms with van der Waals surface area (Å²) in [6, 6.07) is 13.8. The molecule has 4 rings (SSSR count). The van der Waals surface area contributed by atoms with Gasteiger partial charge in [-0.3, -0.25) is 0 Å². The van der Waals surface area contributed by atoms with Crippen LogP contribution >= 0.6 is 0 Å². The molecule has 0 saturated heterocycles. The maximum atomic E-state index is 5.38. The highest BCUT2D eigenvalue weighted by Gasteiger charge is 2.13. The van der Waals surface area contributed by atoms with Gasteiger partial charge in [-0.15, -0.1) is 5.10 Å². The van der Waals surface area contributed by atoms with E-state index in [4.69, 9.17) is 9.47 Å². The maximum absolute atomic E-state index is 5.38. The van der Waals surface area contributed by atoms with E-state index in [1.165, 1.54) is 11.1 Å². The van der Waals surface area contributed by atoms with E-state index in [1.807, 2.05) is 30.3 Å². The van der Waals surface area contributed by atoms with E-state index >= 15 is 0 Å². The van der Waals surface area contributed by atoms with Crippen LogP contribution in [0.3, 0.4) is 0 Å². The first-order valence-electron chi connectivity index (χ1n) is 7.93. The van der Waals surface area contributed by atoms with Gasteiger partial charge in [0.15, 0.2) is 17.3 Å². The molecule has 2 aromatic carbocycles. The van der Waals surface area contributed by atoms with Gasteiger partial charge in [0.2, 0.25) is 12.7 Å². The number of ether oxygens (including phenoxy) is 2. The van der Waals surface area contributed by atoms with Crippen molar-refractivity contribution >= 4 is 17.5 Å². The lowest BCUT2D eigenvalue weighted by Crippen LogP contribution is -2.07. The average Bonchev–Trinajstić information content (AvgIpc) is 3.09. The Kier molecular flexibility index (Phi) is 4.04. The molecule has 0 spiro atoms. The smallest absolute Gasteiger partial charge is 0.244 e. The predicted molar refractivity (Wildman–Crippen MR) is 94.2 cm³/mol. The molecular weight excluding hydrogens is 318 g/mol. The zero-order valence-electron chi connectivity index (χ0n) is 13.7. The highest BCUT2D eigenvalue weighted by atomic mass is 16.7. The van der Waals surface area contributed by atoms with Gasteiger partial charge in [0.05, 0.1) is 6.20 Å². The summed E-state index contributed by atoms with van der Waals surface area (Å²) in [5.41, 5.74) is 3.26. The lowest BCUT2D eigenvalue weighted by Gasteiger charge is -2.09. The van der Waals surface area contributed by atoms with Crippen molar-refractivity contribution in [2.75, 3.05) is 17.4 Å². The Morgan fingerprint density at radius 1 is 1.08 bits per heavy atom. The number of benzene rings is 2. The lowest BCUT2D eigenvalue weighted by atomic mass is 10.1. The molecule has 7 heteroatoms. The number of nitrogens with one attached hydrogen (secondary N) is 2. The molecule has 0 saturated carbocycles. The van der Waals surface area contributed by atoms with Gasteiger partial charge < -0.3 is 20.1 Å². The first kappa shape index (κ1) is 15.2. The SMILES string of the molecule is Cc1ccccc1CNc1nncc(Nc2ccc3c(c2)OCO3)n1. The molecule has 0 aliphatic carbocycles. The third-order valence-electron chi connectivity index (χ3n) is 3.90. The number of aromatic nitrogens is 3. The van der Waals surface area contributed by atoms with E-state index in [-0.39, 0.29) is 6.79 Å². The van der Waals surface area contributed by atoms with Gasteiger partial charge in [-0.1, -0.05) is 24.3 Å². The Labute approximate surface area is 145 Å². The summed E-state index contributed by atoms with van der Waals surface area (Å²) in [6.07, 6.45) is 1.57. The zero-order valence-corrected chi connectivity index (χ0v) is 13.7. The van der Waals surface area contributed by atoms with Crippen LogP contribution in [0.1, 0.15) is 11.1 Å². The minimum absolute atomic E-state index is 0.251. The summed E-state index contributed by atoms with van der Waals surface area (Å²) in [7, 11) is 0. The van der Waals surface area contributed by atoms with E-state index in [2.05, 4.69) is 44.9 Å². The molecule has 1 aliphatic rings. The second-order valence-corrected chi connectivity index (χ2v) is 5.64. The molecular formula is C18H17N5O2. The van der Waals surface area contributed by atoms with E-state index in [0.717, 1.165) is 11.4 Å². The molecule has 0 unspecified atom stereocenters. The Morgan fingerprint density at radius 3 is 2.88 bits per heavy atom. The lowest BCUT2D eigenvalue weighted by molar-refractivity contribution is 0.174. The van der Waals surface area contributed by atoms with Crippen LogP contribution in [0.4, 0.5) is 17.5 Å². The Balaban J connectivity index is 1.45. The topological polar surface area (TPSA) is 81.2 Å². The number of hydrogen-bond donors (Lipinski definition) is 2. The van der Waals surface area contributed by atoms with E-state index in [1.54, 1.807) is 6.20 Å². The van der Waals surface area contributed by atoms with Crippen molar-refractivity contribution in [2.24, 2.45) is 0 Å². The van der Waals surface area contributed by atoms with Crippen molar-refractivity contribution in [1.29, 1.82) is 0 Å². The third kappa shape index (κ3) is 3.45. The second-order valence-electron chi connectivity index (χ2n) is 5.64. The largest absolute Gasteiger partial charge is 0.454 e. The highest BCUT2D eigenvalue weighted by Crippen LogP contribution is 2.34. The Morgan fingerprint density at radius 2 is 1.96 bits per heavy atom. The minimum Gasteiger partial charge on any atom is -0.454 e. The quantitative estimate of drug-likeness (QED) is 0.740. The van der Waals surface area contributed by atoms with Crippen LogP contribution in [0.5, 0.6) is 11.5 Å². The van der Waals surface area contributed by atoms with Crippen LogP contribution in [-0.4, -0.2) is 22.0 Å². The monoisotopic (exact) mass is 335 g/mol. The van der Waals surface area contributed by atoms with Gasteiger partial charge in [-0.2, -0.15) is 10.1 Å². The highest BCUT2D eigenvalue weighted by molar-refractivity contribution is 5.61. The summed E-state index contributed by atoms with van der Waals surface area (Å²) in [4.78, 5) is 4.44. The molecule has 2 N–H and O–H groups in total. The molecule has 0 amide bonds. The van der Waals surface area contributed by atoms with Gasteiger partial charge in [-0.05, 0) is 30.2 Å². The van der Waals surface area contributed by atoms with Crippen LogP contribution in [0.15, 0.2) is 48.7 Å². The number of fused-ring (bicyclic) bond motifs is 1. The van der Waals surface area contributed by atoms with Gasteiger partial charge in [0, 0.05) is 18.3 Å². The van der Waals surface area contributed by atoms with Crippen LogP contribution in [0.25, 0.3) is 0 Å². The molecule has 0 radical (unpaired) electrons. The number of hydrogen-bond acceptors (Lipinski definition) is 7. The Hall–Kier alpha value is -3.35. The van der Waals surface area contributed by atoms with Crippen LogP contribution in [-0.2, 0) is 6.54 Å². The van der Waals surface area contributed by atoms with Crippen LogP contribution in [0, 0.1) is 6.92 Å². The van der Waals surface area contributed by atoms with Gasteiger partial charge in [0.1, 0.15) is 0 Å². The molecule has 0 atom stereocenters. The number of rotatable bonds is 5. The Bertz CT molecular complexity index is 900. The van der Waals surface area contributed by atoms with Crippen molar-refractivity contribution in [3.8, 4) is 11.5 Å². The van der Waals surface area contributed by atoms with Gasteiger partial charge in [0.25, 0.3) is 0 Å². The van der Waals surface area contributed by atoms with Crippen molar-refractivity contribution in [1.82, 2.24) is 15.2 Å². The maximum Gasteiger partial charge on any atom is 0.244 e. The normalized spacial score (nSPS) is 12.0. The number of aryl methyl sites for hydroxylation is 1. The van der Waals surface area contributed by atoms with Crippen LogP contribution in [0.2, 0.25) is 0 Å². The molecule has 7 nitrogen and oxygen atoms in total. The summed E-state index contributed by atoms with van der Waals surface area (Å²) in [6.45, 7) is 2.97. The van der Waals surface area contributed by atoms with Crippen molar-refractivity contribution in [3.05, 3.63) is 59.8 Å². The first-order chi connectivity index (χ1) is 12.3. The average molecular weight is 335 g/mol. The molecule has 25 heavy (non-hydrogen) atoms. The predicted octanol–water partition coefficient (Wildman–Crippen LogP) is 3.26. The molecule has 1 aromatic heterocycles. The van der Waals surface area contributed by atoms with Crippen LogP contribution < -0.4 is 20.1 Å². The third-order valence-corrected chi connectivity index (χ3v) is 3.90. The summed E-state index contributed by atoms with van der Waals surface area (Å²) < 4.78 is 10.7. The standard InChI is InChI=1S/C18H17N5O2/c1-12-4-2-3-5-13(12)9-19-18-22-17(10-20-23-18)21-14-6-7-15-16(8-14)25-11-24-15/h2-8,10H,9,11H2,1H3,(H2,19,21,22,23). The molecule has 2 heterocycles. The second kappa shape index (κ2) is 6.64. The van der Waals surface area contributed by atoms with Crippen molar-refractivity contribution in [3.63, 3.8) is 0 Å². The molecule has 126 valence electrons. The molecule has 0 fully saturated rings. The fourth-order valence-corrected chi connectivity index (χ4v) is 2.54. The van der Waals surface area contributed by atoms with Gasteiger partial charge in [-0.25, -0.2) is 0 Å². The first-order valence-corrected chi connectivity index (χ1v) is 7.93. The summed E-state index contributed by atoms with van der Waals surface area (Å²) >= 11 is 0. The zero-order chi connectivity index (χ0) is 17.1. The fraction of sp³-hybridized carbons (Fsp3) is 0.167. The molecule has 0 bridgehead atoms. The fourth-order valence-electron chi connectivity index (χ4n) is 2.54. The molecule has 3 aromatic rings. The summed E-state index contributed by atoms with van der Waals surface area (Å²) in [5.74, 6) is 2.52. The molecule has 1 aliphatic heterocycles. The summed E-state index contributed by atoms with van der Waals surface area (Å²) in [5, 5.41) is 14.4. The van der Waals surface area contributed by atoms with Crippen molar-refractivity contribution < 1.29 is 9.47 Å². The minimum atomic E-state index is 0.251. The van der Waals surface area contributed by atoms with E-state index in [0.29, 0.717) is 24.1 Å². The number of anilines is 3. The number of nitrogens with zero attached hydrogens (tertiary/aromatic N) is 3. The van der Waals surface area contributed by atoms with Crippen molar-refractivity contribution in [2.45, 2.75) is 13.5 Å². The van der Waals surface area contributed by atoms with E-state index < -0.39 is 0 Å².